The van der Waals surface area contributed by atoms with Crippen LogP contribution in [0.3, 0.4) is 0 Å². The van der Waals surface area contributed by atoms with E-state index in [9.17, 15) is 19.2 Å². The van der Waals surface area contributed by atoms with E-state index in [1.54, 1.807) is 0 Å². The predicted molar refractivity (Wildman–Crippen MR) is 188 cm³/mol. The quantitative estimate of drug-likeness (QED) is 0.146. The molecular formula is C37H52N4O10. The van der Waals surface area contributed by atoms with E-state index in [0.717, 1.165) is 55.5 Å². The van der Waals surface area contributed by atoms with Crippen LogP contribution in [0.1, 0.15) is 57.1 Å². The van der Waals surface area contributed by atoms with Crippen molar-refractivity contribution in [3.05, 3.63) is 65.7 Å². The second kappa shape index (κ2) is 18.0. The Kier molecular flexibility index (Phi) is 14.1. The molecule has 3 heterocycles. The lowest BCUT2D eigenvalue weighted by atomic mass is 9.86. The number of aliphatic carboxylic acids is 1. The van der Waals surface area contributed by atoms with E-state index in [4.69, 9.17) is 30.6 Å². The van der Waals surface area contributed by atoms with Gasteiger partial charge in [-0.1, -0.05) is 48.5 Å². The minimum Gasteiger partial charge on any atom is -0.479 e. The number of piperidine rings is 2. The lowest BCUT2D eigenvalue weighted by Crippen LogP contribution is -2.55. The fourth-order valence-electron chi connectivity index (χ4n) is 6.91. The average Bonchev–Trinajstić information content (AvgIpc) is 3.36. The van der Waals surface area contributed by atoms with Gasteiger partial charge in [-0.15, -0.1) is 0 Å². The summed E-state index contributed by atoms with van der Waals surface area (Å²) in [6.45, 7) is 5.92. The fourth-order valence-corrected chi connectivity index (χ4v) is 6.91. The van der Waals surface area contributed by atoms with Crippen LogP contribution >= 0.6 is 0 Å². The van der Waals surface area contributed by atoms with Gasteiger partial charge in [0, 0.05) is 31.4 Å². The molecule has 0 spiro atoms. The summed E-state index contributed by atoms with van der Waals surface area (Å²) in [6, 6.07) is 17.7. The Balaban J connectivity index is 0.000000383. The fraction of sp³-hybridized carbons (Fsp3) is 0.568. The number of carbonyl (C=O) groups excluding carboxylic acids is 3. The van der Waals surface area contributed by atoms with Crippen molar-refractivity contribution in [3.63, 3.8) is 0 Å². The molecule has 3 aliphatic heterocycles. The normalized spacial score (nSPS) is 21.7. The van der Waals surface area contributed by atoms with E-state index in [2.05, 4.69) is 22.8 Å². The predicted octanol–water partition coefficient (Wildman–Crippen LogP) is -0.0741. The van der Waals surface area contributed by atoms with Crippen molar-refractivity contribution in [2.24, 2.45) is 5.92 Å². The number of carboxylic acids is 1. The summed E-state index contributed by atoms with van der Waals surface area (Å²) in [7, 11) is 0. The molecule has 14 heteroatoms. The van der Waals surface area contributed by atoms with Crippen molar-refractivity contribution in [2.45, 2.75) is 94.3 Å². The van der Waals surface area contributed by atoms with Crippen molar-refractivity contribution in [2.75, 3.05) is 37.7 Å². The van der Waals surface area contributed by atoms with Gasteiger partial charge in [0.2, 0.25) is 17.7 Å². The standard InChI is InChI=1S/C31H40N4O3.C6H12O7/c1-31(2)25-12-6-7-13-27(25)35(30(31)38)24-16-19-34(20-17-24)29(37)26(15-14-22-9-4-3-5-10-22)33-28(36)23-11-8-18-32-21-23;7-1-2(8)3(9)4(10)5(11)6(12)13/h3-7,9-10,12-13,23-24,26,32H,8,11,14-21H2,1-2H3,(H,33,36);2-5,7-11H,1H2,(H,12,13)/t23-,26?;/m1./s1. The molecule has 0 bridgehead atoms. The van der Waals surface area contributed by atoms with Gasteiger partial charge in [0.1, 0.15) is 24.4 Å². The Bertz CT molecular complexity index is 1480. The van der Waals surface area contributed by atoms with Crippen molar-refractivity contribution in [1.29, 1.82) is 0 Å². The molecule has 51 heavy (non-hydrogen) atoms. The van der Waals surface area contributed by atoms with Crippen molar-refractivity contribution in [1.82, 2.24) is 15.5 Å². The first-order chi connectivity index (χ1) is 24.3. The first kappa shape index (κ1) is 39.9. The maximum Gasteiger partial charge on any atom is 0.335 e. The maximum atomic E-state index is 13.7. The Morgan fingerprint density at radius 1 is 0.941 bits per heavy atom. The van der Waals surface area contributed by atoms with Gasteiger partial charge in [0.15, 0.2) is 6.10 Å². The third-order valence-electron chi connectivity index (χ3n) is 10.1. The van der Waals surface area contributed by atoms with Gasteiger partial charge in [0.05, 0.1) is 17.9 Å². The van der Waals surface area contributed by atoms with Crippen molar-refractivity contribution in [3.8, 4) is 0 Å². The first-order valence-corrected chi connectivity index (χ1v) is 17.6. The number of hydrogen-bond donors (Lipinski definition) is 8. The molecule has 0 aromatic heterocycles. The number of aliphatic hydroxyl groups excluding tert-OH is 5. The lowest BCUT2D eigenvalue weighted by Gasteiger charge is -2.39. The Hall–Kier alpha value is -3.92. The Morgan fingerprint density at radius 3 is 2.20 bits per heavy atom. The Labute approximate surface area is 298 Å². The zero-order valence-corrected chi connectivity index (χ0v) is 29.2. The van der Waals surface area contributed by atoms with Crippen molar-refractivity contribution >= 4 is 29.4 Å². The molecule has 5 unspecified atom stereocenters. The molecule has 0 saturated carbocycles. The molecule has 14 nitrogen and oxygen atoms in total. The van der Waals surface area contributed by atoms with Crippen LogP contribution in [0.4, 0.5) is 5.69 Å². The van der Waals surface area contributed by atoms with Gasteiger partial charge in [-0.05, 0) is 76.1 Å². The molecule has 6 atom stereocenters. The van der Waals surface area contributed by atoms with Gasteiger partial charge in [-0.2, -0.15) is 0 Å². The second-order valence-electron chi connectivity index (χ2n) is 14.0. The SMILES string of the molecule is CC1(C)C(=O)N(C2CCN(C(=O)C(CCc3ccccc3)NC(=O)[C@@H]3CCCNC3)CC2)c2ccccc21.O=C(O)C(O)C(O)C(O)C(O)CO. The van der Waals surface area contributed by atoms with Gasteiger partial charge < -0.3 is 51.1 Å². The minimum absolute atomic E-state index is 0.00928. The summed E-state index contributed by atoms with van der Waals surface area (Å²) in [5.41, 5.74) is 2.70. The highest BCUT2D eigenvalue weighted by atomic mass is 16.4. The number of nitrogens with one attached hydrogen (secondary N) is 2. The second-order valence-corrected chi connectivity index (χ2v) is 14.0. The van der Waals surface area contributed by atoms with Crippen LogP contribution in [-0.2, 0) is 31.0 Å². The Morgan fingerprint density at radius 2 is 1.59 bits per heavy atom. The topological polar surface area (TPSA) is 220 Å². The summed E-state index contributed by atoms with van der Waals surface area (Å²) in [4.78, 5) is 54.2. The molecule has 2 saturated heterocycles. The molecular weight excluding hydrogens is 660 g/mol. The highest BCUT2D eigenvalue weighted by molar-refractivity contribution is 6.08. The maximum absolute atomic E-state index is 13.7. The molecule has 2 aromatic carbocycles. The molecule has 5 rings (SSSR count). The number of benzene rings is 2. The number of anilines is 1. The minimum atomic E-state index is -2.20. The largest absolute Gasteiger partial charge is 0.479 e. The number of aryl methyl sites for hydroxylation is 1. The summed E-state index contributed by atoms with van der Waals surface area (Å²) in [5.74, 6) is -1.72. The smallest absolute Gasteiger partial charge is 0.335 e. The van der Waals surface area contributed by atoms with Gasteiger partial charge in [-0.25, -0.2) is 4.79 Å². The molecule has 0 aliphatic carbocycles. The third-order valence-corrected chi connectivity index (χ3v) is 10.1. The number of para-hydroxylation sites is 1. The number of hydrogen-bond acceptors (Lipinski definition) is 10. The first-order valence-electron chi connectivity index (χ1n) is 17.6. The number of likely N-dealkylation sites (tertiary alicyclic amines) is 1. The number of carboxylic acid groups (broad SMARTS) is 1. The number of amides is 3. The molecule has 8 N–H and O–H groups in total. The molecule has 2 aromatic rings. The van der Waals surface area contributed by atoms with E-state index in [1.165, 1.54) is 0 Å². The van der Waals surface area contributed by atoms with Crippen LogP contribution in [0.15, 0.2) is 54.6 Å². The van der Waals surface area contributed by atoms with E-state index in [1.807, 2.05) is 66.1 Å². The number of aliphatic hydroxyl groups is 5. The highest BCUT2D eigenvalue weighted by Crippen LogP contribution is 2.43. The van der Waals surface area contributed by atoms with Crippen LogP contribution in [0.5, 0.6) is 0 Å². The zero-order valence-electron chi connectivity index (χ0n) is 29.2. The van der Waals surface area contributed by atoms with Crippen LogP contribution in [0.25, 0.3) is 0 Å². The molecule has 3 amide bonds. The number of fused-ring (bicyclic) bond motifs is 1. The molecule has 0 radical (unpaired) electrons. The number of carbonyl (C=O) groups is 4. The summed E-state index contributed by atoms with van der Waals surface area (Å²) >= 11 is 0. The molecule has 2 fully saturated rings. The van der Waals surface area contributed by atoms with Crippen LogP contribution in [0, 0.1) is 5.92 Å². The van der Waals surface area contributed by atoms with Crippen LogP contribution < -0.4 is 15.5 Å². The zero-order chi connectivity index (χ0) is 37.3. The van der Waals surface area contributed by atoms with Crippen LogP contribution in [-0.4, -0.2) is 129 Å². The summed E-state index contributed by atoms with van der Waals surface area (Å²) in [5, 5.41) is 58.2. The number of nitrogens with zero attached hydrogens (tertiary/aromatic N) is 2. The highest BCUT2D eigenvalue weighted by Gasteiger charge is 2.47. The van der Waals surface area contributed by atoms with Crippen LogP contribution in [0.2, 0.25) is 0 Å². The van der Waals surface area contributed by atoms with Crippen molar-refractivity contribution < 1.29 is 49.8 Å². The molecule has 3 aliphatic rings. The van der Waals surface area contributed by atoms with Gasteiger partial charge in [-0.3, -0.25) is 14.4 Å². The van der Waals surface area contributed by atoms with E-state index >= 15 is 0 Å². The average molecular weight is 713 g/mol. The van der Waals surface area contributed by atoms with E-state index < -0.39 is 48.4 Å². The number of rotatable bonds is 12. The monoisotopic (exact) mass is 712 g/mol. The van der Waals surface area contributed by atoms with Gasteiger partial charge in [0.25, 0.3) is 0 Å². The van der Waals surface area contributed by atoms with Gasteiger partial charge >= 0.3 is 5.97 Å². The molecule has 280 valence electrons. The lowest BCUT2D eigenvalue weighted by molar-refractivity contribution is -0.164. The summed E-state index contributed by atoms with van der Waals surface area (Å²) < 4.78 is 0. The summed E-state index contributed by atoms with van der Waals surface area (Å²) in [6.07, 6.45) is -3.25. The third kappa shape index (κ3) is 9.70. The van der Waals surface area contributed by atoms with E-state index in [0.29, 0.717) is 26.1 Å². The van der Waals surface area contributed by atoms with E-state index in [-0.39, 0.29) is 29.7 Å².